The van der Waals surface area contributed by atoms with Crippen LogP contribution in [0.25, 0.3) is 0 Å². The molecular weight excluding hydrogens is 348 g/mol. The molecule has 10 nitrogen and oxygen atoms in total. The SMILES string of the molecule is Cc1ccccc1N1CC(C)N(C(=O)C2CNNC2n2cnnn2)CC1=O. The molecule has 3 atom stereocenters. The third-order valence-corrected chi connectivity index (χ3v) is 5.19. The van der Waals surface area contributed by atoms with Crippen LogP contribution in [0.4, 0.5) is 5.69 Å². The molecule has 2 amide bonds. The van der Waals surface area contributed by atoms with E-state index in [9.17, 15) is 9.59 Å². The molecule has 3 unspecified atom stereocenters. The van der Waals surface area contributed by atoms with Crippen LogP contribution in [0.3, 0.4) is 0 Å². The molecule has 2 saturated heterocycles. The molecule has 1 aromatic heterocycles. The highest BCUT2D eigenvalue weighted by Gasteiger charge is 2.42. The fraction of sp³-hybridized carbons (Fsp3) is 0.471. The van der Waals surface area contributed by atoms with Gasteiger partial charge in [-0.25, -0.2) is 10.1 Å². The van der Waals surface area contributed by atoms with Gasteiger partial charge in [0, 0.05) is 24.8 Å². The Bertz CT molecular complexity index is 839. The van der Waals surface area contributed by atoms with E-state index in [1.54, 1.807) is 9.80 Å². The number of hydrogen-bond donors (Lipinski definition) is 2. The summed E-state index contributed by atoms with van der Waals surface area (Å²) < 4.78 is 1.51. The second kappa shape index (κ2) is 7.05. The van der Waals surface area contributed by atoms with Crippen LogP contribution >= 0.6 is 0 Å². The monoisotopic (exact) mass is 370 g/mol. The molecule has 10 heteroatoms. The zero-order valence-corrected chi connectivity index (χ0v) is 15.2. The van der Waals surface area contributed by atoms with Crippen molar-refractivity contribution < 1.29 is 9.59 Å². The molecule has 2 aliphatic heterocycles. The maximum Gasteiger partial charge on any atom is 0.246 e. The maximum absolute atomic E-state index is 13.2. The fourth-order valence-corrected chi connectivity index (χ4v) is 3.71. The van der Waals surface area contributed by atoms with Gasteiger partial charge in [0.05, 0.1) is 5.92 Å². The van der Waals surface area contributed by atoms with E-state index >= 15 is 0 Å². The number of anilines is 1. The first-order chi connectivity index (χ1) is 13.1. The van der Waals surface area contributed by atoms with Crippen molar-refractivity contribution in [1.82, 2.24) is 36.0 Å². The number of carbonyl (C=O) groups is 2. The average Bonchev–Trinajstić information content (AvgIpc) is 3.34. The standard InChI is InChI=1S/C17H22N8O2/c1-11-5-3-4-6-14(11)24-8-12(2)23(9-15(24)26)17(27)13-7-18-20-16(13)25-10-19-21-22-25/h3-6,10,12-13,16,18,20H,7-9H2,1-2H3. The third kappa shape index (κ3) is 3.17. The Morgan fingerprint density at radius 2 is 2.11 bits per heavy atom. The predicted molar refractivity (Wildman–Crippen MR) is 96.2 cm³/mol. The second-order valence-electron chi connectivity index (χ2n) is 6.97. The Balaban J connectivity index is 1.51. The largest absolute Gasteiger partial charge is 0.328 e. The summed E-state index contributed by atoms with van der Waals surface area (Å²) in [7, 11) is 0. The number of amides is 2. The van der Waals surface area contributed by atoms with E-state index in [0.29, 0.717) is 13.1 Å². The normalized spacial score (nSPS) is 25.9. The number of rotatable bonds is 3. The lowest BCUT2D eigenvalue weighted by atomic mass is 10.0. The lowest BCUT2D eigenvalue weighted by molar-refractivity contribution is -0.143. The topological polar surface area (TPSA) is 108 Å². The molecular formula is C17H22N8O2. The van der Waals surface area contributed by atoms with E-state index in [0.717, 1.165) is 11.3 Å². The highest BCUT2D eigenvalue weighted by molar-refractivity contribution is 5.99. The highest BCUT2D eigenvalue weighted by Crippen LogP contribution is 2.26. The van der Waals surface area contributed by atoms with Crippen molar-refractivity contribution in [2.24, 2.45) is 5.92 Å². The van der Waals surface area contributed by atoms with Crippen molar-refractivity contribution in [2.75, 3.05) is 24.5 Å². The minimum Gasteiger partial charge on any atom is -0.328 e. The Morgan fingerprint density at radius 3 is 2.85 bits per heavy atom. The molecule has 1 aromatic carbocycles. The van der Waals surface area contributed by atoms with Crippen molar-refractivity contribution in [3.63, 3.8) is 0 Å². The first kappa shape index (κ1) is 17.6. The number of para-hydroxylation sites is 1. The van der Waals surface area contributed by atoms with Crippen molar-refractivity contribution in [3.05, 3.63) is 36.2 Å². The third-order valence-electron chi connectivity index (χ3n) is 5.19. The lowest BCUT2D eigenvalue weighted by Gasteiger charge is -2.41. The molecule has 2 aromatic rings. The van der Waals surface area contributed by atoms with Gasteiger partial charge in [0.1, 0.15) is 19.0 Å². The van der Waals surface area contributed by atoms with Crippen LogP contribution in [-0.4, -0.2) is 62.6 Å². The number of aryl methyl sites for hydroxylation is 1. The lowest BCUT2D eigenvalue weighted by Crippen LogP contribution is -2.59. The zero-order chi connectivity index (χ0) is 19.0. The Labute approximate surface area is 156 Å². The molecule has 142 valence electrons. The summed E-state index contributed by atoms with van der Waals surface area (Å²) in [5.41, 5.74) is 7.96. The van der Waals surface area contributed by atoms with Crippen molar-refractivity contribution in [1.29, 1.82) is 0 Å². The van der Waals surface area contributed by atoms with Crippen molar-refractivity contribution in [3.8, 4) is 0 Å². The average molecular weight is 370 g/mol. The van der Waals surface area contributed by atoms with Crippen LogP contribution in [-0.2, 0) is 9.59 Å². The summed E-state index contributed by atoms with van der Waals surface area (Å²) in [6.45, 7) is 4.93. The number of benzene rings is 1. The molecule has 2 N–H and O–H groups in total. The van der Waals surface area contributed by atoms with Crippen molar-refractivity contribution in [2.45, 2.75) is 26.1 Å². The van der Waals surface area contributed by atoms with Crippen LogP contribution in [0.2, 0.25) is 0 Å². The molecule has 0 saturated carbocycles. The zero-order valence-electron chi connectivity index (χ0n) is 15.2. The Kier molecular flexibility index (Phi) is 4.58. The summed E-state index contributed by atoms with van der Waals surface area (Å²) in [6.07, 6.45) is 1.08. The smallest absolute Gasteiger partial charge is 0.246 e. The molecule has 2 fully saturated rings. The number of hydrogen-bond acceptors (Lipinski definition) is 7. The number of carbonyl (C=O) groups excluding carboxylic acids is 2. The van der Waals surface area contributed by atoms with Gasteiger partial charge in [0.2, 0.25) is 11.8 Å². The van der Waals surface area contributed by atoms with Gasteiger partial charge in [-0.2, -0.15) is 0 Å². The van der Waals surface area contributed by atoms with Gasteiger partial charge < -0.3 is 9.80 Å². The summed E-state index contributed by atoms with van der Waals surface area (Å²) in [5.74, 6) is -0.555. The van der Waals surface area contributed by atoms with E-state index in [-0.39, 0.29) is 30.6 Å². The second-order valence-corrected chi connectivity index (χ2v) is 6.97. The quantitative estimate of drug-likeness (QED) is 0.747. The van der Waals surface area contributed by atoms with Gasteiger partial charge in [-0.15, -0.1) is 5.10 Å². The van der Waals surface area contributed by atoms with Crippen LogP contribution in [0.5, 0.6) is 0 Å². The summed E-state index contributed by atoms with van der Waals surface area (Å²) >= 11 is 0. The van der Waals surface area contributed by atoms with E-state index in [1.165, 1.54) is 11.0 Å². The summed E-state index contributed by atoms with van der Waals surface area (Å²) in [5, 5.41) is 11.1. The maximum atomic E-state index is 13.2. The Morgan fingerprint density at radius 1 is 1.30 bits per heavy atom. The van der Waals surface area contributed by atoms with Gasteiger partial charge in [-0.05, 0) is 35.9 Å². The molecule has 27 heavy (non-hydrogen) atoms. The van der Waals surface area contributed by atoms with Crippen molar-refractivity contribution >= 4 is 17.5 Å². The number of nitrogens with zero attached hydrogens (tertiary/aromatic N) is 6. The number of aromatic nitrogens is 4. The molecule has 0 radical (unpaired) electrons. The predicted octanol–water partition coefficient (Wildman–Crippen LogP) is -0.532. The first-order valence-electron chi connectivity index (χ1n) is 8.93. The number of tetrazole rings is 1. The number of piperazine rings is 1. The van der Waals surface area contributed by atoms with Crippen LogP contribution in [0.1, 0.15) is 18.7 Å². The van der Waals surface area contributed by atoms with E-state index in [2.05, 4.69) is 26.4 Å². The number of hydrazine groups is 1. The van der Waals surface area contributed by atoms with Gasteiger partial charge >= 0.3 is 0 Å². The van der Waals surface area contributed by atoms with Crippen LogP contribution in [0.15, 0.2) is 30.6 Å². The molecule has 3 heterocycles. The molecule has 4 rings (SSSR count). The minimum atomic E-state index is -0.395. The van der Waals surface area contributed by atoms with Gasteiger partial charge in [0.25, 0.3) is 0 Å². The van der Waals surface area contributed by atoms with E-state index in [4.69, 9.17) is 0 Å². The van der Waals surface area contributed by atoms with Crippen LogP contribution < -0.4 is 15.8 Å². The molecule has 0 aliphatic carbocycles. The minimum absolute atomic E-state index is 0.0627. The fourth-order valence-electron chi connectivity index (χ4n) is 3.71. The van der Waals surface area contributed by atoms with E-state index < -0.39 is 5.92 Å². The number of nitrogens with one attached hydrogen (secondary N) is 2. The first-order valence-corrected chi connectivity index (χ1v) is 8.93. The van der Waals surface area contributed by atoms with Crippen LogP contribution in [0, 0.1) is 12.8 Å². The van der Waals surface area contributed by atoms with Gasteiger partial charge in [0.15, 0.2) is 0 Å². The summed E-state index contributed by atoms with van der Waals surface area (Å²) in [4.78, 5) is 29.4. The van der Waals surface area contributed by atoms with E-state index in [1.807, 2.05) is 38.1 Å². The molecule has 0 bridgehead atoms. The molecule has 2 aliphatic rings. The van der Waals surface area contributed by atoms with Gasteiger partial charge in [-0.1, -0.05) is 18.2 Å². The van der Waals surface area contributed by atoms with Gasteiger partial charge in [-0.3, -0.25) is 15.0 Å². The highest BCUT2D eigenvalue weighted by atomic mass is 16.2. The Hall–Kier alpha value is -2.85. The summed E-state index contributed by atoms with van der Waals surface area (Å²) in [6, 6.07) is 7.70. The molecule has 0 spiro atoms.